The van der Waals surface area contributed by atoms with Crippen molar-refractivity contribution in [2.75, 3.05) is 26.4 Å². The molecule has 480 valence electrons. The molecule has 0 bridgehead atoms. The van der Waals surface area contributed by atoms with Gasteiger partial charge in [-0.3, -0.25) is 4.79 Å². The number of ether oxygens (including phenoxy) is 6. The largest absolute Gasteiger partial charge is 0.394 e. The lowest BCUT2D eigenvalue weighted by Gasteiger charge is -2.48. The molecule has 3 rings (SSSR count). The molecule has 0 aromatic carbocycles. The Morgan fingerprint density at radius 3 is 1.33 bits per heavy atom. The predicted molar refractivity (Wildman–Crippen MR) is 323 cm³/mol. The van der Waals surface area contributed by atoms with Crippen LogP contribution in [0.1, 0.15) is 162 Å². The van der Waals surface area contributed by atoms with E-state index in [2.05, 4.69) is 116 Å². The standard InChI is InChI=1S/C65H107NO18/c1-3-5-7-9-11-13-15-17-18-19-20-21-22-23-24-25-26-27-28-29-30-31-33-35-37-39-41-43-53(71)66-48(49(70)42-40-38-36-34-32-16-14-12-10-8-6-4-2)47-79-63-59(77)56(74)61(51(45-68)81-63)84-65-60(78)57(75)62(52(46-69)82-65)83-64-58(76)55(73)54(72)50(44-67)80-64/h5,7,10-13,17-18,20-21,23-24,26-27,32,34,40,42,48-52,54-65,67-70,72-78H,3-4,6,8-9,14-16,19,22,25,28-31,33,35-39,41,43-47H2,1-2H3,(H,66,71)/b7-5-,12-10+,13-11-,18-17-,21-20-,24-23-,27-26-,34-32+,42-40+. The Balaban J connectivity index is 1.45. The van der Waals surface area contributed by atoms with E-state index in [1.165, 1.54) is 19.3 Å². The molecule has 3 aliphatic heterocycles. The Labute approximate surface area is 500 Å². The zero-order valence-electron chi connectivity index (χ0n) is 50.1. The predicted octanol–water partition coefficient (Wildman–Crippen LogP) is 6.31. The zero-order valence-corrected chi connectivity index (χ0v) is 50.1. The molecule has 19 heteroatoms. The third kappa shape index (κ3) is 29.4. The molecular weight excluding hydrogens is 1080 g/mol. The maximum atomic E-state index is 13.3. The summed E-state index contributed by atoms with van der Waals surface area (Å²) in [6.07, 6.45) is 33.6. The highest BCUT2D eigenvalue weighted by atomic mass is 16.8. The molecule has 19 nitrogen and oxygen atoms in total. The van der Waals surface area contributed by atoms with Gasteiger partial charge < -0.3 is 89.9 Å². The topological polar surface area (TPSA) is 307 Å². The van der Waals surface area contributed by atoms with E-state index in [4.69, 9.17) is 28.4 Å². The van der Waals surface area contributed by atoms with Gasteiger partial charge in [-0.1, -0.05) is 175 Å². The van der Waals surface area contributed by atoms with Gasteiger partial charge in [0.1, 0.15) is 73.2 Å². The smallest absolute Gasteiger partial charge is 0.220 e. The molecule has 17 atom stereocenters. The van der Waals surface area contributed by atoms with E-state index in [0.717, 1.165) is 109 Å². The summed E-state index contributed by atoms with van der Waals surface area (Å²) in [4.78, 5) is 13.3. The van der Waals surface area contributed by atoms with Crippen LogP contribution in [0.15, 0.2) is 109 Å². The number of carbonyl (C=O) groups excluding carboxylic acids is 1. The fourth-order valence-corrected chi connectivity index (χ4v) is 9.68. The first-order valence-corrected chi connectivity index (χ1v) is 31.1. The van der Waals surface area contributed by atoms with Gasteiger partial charge in [0.2, 0.25) is 5.91 Å². The molecule has 0 spiro atoms. The van der Waals surface area contributed by atoms with Crippen molar-refractivity contribution >= 4 is 5.91 Å². The number of rotatable bonds is 44. The Hall–Kier alpha value is -3.55. The summed E-state index contributed by atoms with van der Waals surface area (Å²) in [7, 11) is 0. The Kier molecular flexibility index (Phi) is 41.4. The molecule has 84 heavy (non-hydrogen) atoms. The van der Waals surface area contributed by atoms with Gasteiger partial charge in [-0.2, -0.15) is 0 Å². The number of amides is 1. The van der Waals surface area contributed by atoms with Crippen molar-refractivity contribution in [3.63, 3.8) is 0 Å². The van der Waals surface area contributed by atoms with Crippen LogP contribution < -0.4 is 5.32 Å². The summed E-state index contributed by atoms with van der Waals surface area (Å²) in [6.45, 7) is 1.49. The van der Waals surface area contributed by atoms with Crippen molar-refractivity contribution < 1.29 is 89.4 Å². The normalized spacial score (nSPS) is 29.9. The second-order valence-electron chi connectivity index (χ2n) is 21.8. The SMILES string of the molecule is CC/C=C\C/C=C\C/C=C\C/C=C\C/C=C\C/C=C\CCCCCCCCCCC(=O)NC(COC1OC(CO)C(OC2OC(CO)C(OC3OC(CO)C(O)C(O)C3O)C(O)C2O)C(O)C1O)C(O)/C=C/CC/C=C/CC/C=C/CCCC. The average Bonchev–Trinajstić information content (AvgIpc) is 2.98. The molecular formula is C65H107NO18. The minimum Gasteiger partial charge on any atom is -0.394 e. The van der Waals surface area contributed by atoms with Gasteiger partial charge in [0, 0.05) is 6.42 Å². The number of carbonyl (C=O) groups is 1. The molecule has 12 N–H and O–H groups in total. The lowest BCUT2D eigenvalue weighted by molar-refractivity contribution is -0.379. The monoisotopic (exact) mass is 1190 g/mol. The van der Waals surface area contributed by atoms with E-state index in [0.29, 0.717) is 12.8 Å². The van der Waals surface area contributed by atoms with Crippen LogP contribution >= 0.6 is 0 Å². The third-order valence-electron chi connectivity index (χ3n) is 14.8. The highest BCUT2D eigenvalue weighted by molar-refractivity contribution is 5.76. The number of unbranched alkanes of at least 4 members (excludes halogenated alkanes) is 12. The van der Waals surface area contributed by atoms with Gasteiger partial charge in [-0.15, -0.1) is 0 Å². The number of allylic oxidation sites excluding steroid dienone is 17. The fourth-order valence-electron chi connectivity index (χ4n) is 9.68. The summed E-state index contributed by atoms with van der Waals surface area (Å²) in [5.41, 5.74) is 0. The lowest BCUT2D eigenvalue weighted by atomic mass is 9.96. The summed E-state index contributed by atoms with van der Waals surface area (Å²) in [5, 5.41) is 120. The van der Waals surface area contributed by atoms with Crippen LogP contribution in [-0.2, 0) is 33.2 Å². The molecule has 3 fully saturated rings. The molecule has 3 aliphatic rings. The van der Waals surface area contributed by atoms with E-state index in [-0.39, 0.29) is 18.9 Å². The van der Waals surface area contributed by atoms with Crippen LogP contribution in [-0.4, -0.2) is 193 Å². The van der Waals surface area contributed by atoms with Crippen molar-refractivity contribution in [3.8, 4) is 0 Å². The van der Waals surface area contributed by atoms with E-state index >= 15 is 0 Å². The van der Waals surface area contributed by atoms with Gasteiger partial charge in [0.15, 0.2) is 18.9 Å². The van der Waals surface area contributed by atoms with Crippen LogP contribution in [0.5, 0.6) is 0 Å². The first-order valence-electron chi connectivity index (χ1n) is 31.1. The molecule has 3 saturated heterocycles. The van der Waals surface area contributed by atoms with Crippen LogP contribution in [0.25, 0.3) is 0 Å². The van der Waals surface area contributed by atoms with Crippen molar-refractivity contribution in [1.82, 2.24) is 5.32 Å². The van der Waals surface area contributed by atoms with Crippen LogP contribution in [0.3, 0.4) is 0 Å². The van der Waals surface area contributed by atoms with E-state index in [1.54, 1.807) is 6.08 Å². The van der Waals surface area contributed by atoms with Crippen molar-refractivity contribution in [3.05, 3.63) is 109 Å². The quantitative estimate of drug-likeness (QED) is 0.0235. The summed E-state index contributed by atoms with van der Waals surface area (Å²) in [6, 6.07) is -1.01. The first kappa shape index (κ1) is 74.7. The maximum Gasteiger partial charge on any atom is 0.220 e. The molecule has 0 radical (unpaired) electrons. The van der Waals surface area contributed by atoms with Crippen molar-refractivity contribution in [1.29, 1.82) is 0 Å². The second-order valence-corrected chi connectivity index (χ2v) is 21.8. The van der Waals surface area contributed by atoms with Crippen molar-refractivity contribution in [2.24, 2.45) is 0 Å². The highest BCUT2D eigenvalue weighted by Gasteiger charge is 2.53. The first-order chi connectivity index (χ1) is 40.8. The summed E-state index contributed by atoms with van der Waals surface area (Å²) >= 11 is 0. The molecule has 3 heterocycles. The highest BCUT2D eigenvalue weighted by Crippen LogP contribution is 2.33. The van der Waals surface area contributed by atoms with Gasteiger partial charge in [-0.05, 0) is 89.9 Å². The zero-order chi connectivity index (χ0) is 61.2. The minimum absolute atomic E-state index is 0.214. The Morgan fingerprint density at radius 2 is 0.833 bits per heavy atom. The molecule has 1 amide bonds. The second kappa shape index (κ2) is 46.6. The van der Waals surface area contributed by atoms with E-state index < -0.39 is 124 Å². The third-order valence-corrected chi connectivity index (χ3v) is 14.8. The number of hydrogen-bond acceptors (Lipinski definition) is 18. The Morgan fingerprint density at radius 1 is 0.440 bits per heavy atom. The number of nitrogens with one attached hydrogen (secondary N) is 1. The summed E-state index contributed by atoms with van der Waals surface area (Å²) < 4.78 is 34.2. The van der Waals surface area contributed by atoms with Crippen molar-refractivity contribution in [2.45, 2.75) is 266 Å². The van der Waals surface area contributed by atoms with Gasteiger partial charge >= 0.3 is 0 Å². The average molecular weight is 1190 g/mol. The summed E-state index contributed by atoms with van der Waals surface area (Å²) in [5.74, 6) is -0.306. The minimum atomic E-state index is -1.99. The maximum absolute atomic E-state index is 13.3. The van der Waals surface area contributed by atoms with Gasteiger partial charge in [0.05, 0.1) is 38.6 Å². The molecule has 0 saturated carbocycles. The molecule has 0 aromatic heterocycles. The number of aliphatic hydroxyl groups excluding tert-OH is 11. The molecule has 0 aliphatic carbocycles. The fraction of sp³-hybridized carbons (Fsp3) is 0.708. The number of aliphatic hydroxyl groups is 11. The lowest BCUT2D eigenvalue weighted by Crippen LogP contribution is -2.66. The molecule has 17 unspecified atom stereocenters. The van der Waals surface area contributed by atoms with Crippen LogP contribution in [0.2, 0.25) is 0 Å². The van der Waals surface area contributed by atoms with Gasteiger partial charge in [-0.25, -0.2) is 0 Å². The number of hydrogen-bond donors (Lipinski definition) is 12. The van der Waals surface area contributed by atoms with Gasteiger partial charge in [0.25, 0.3) is 0 Å². The Bertz CT molecular complexity index is 1950. The van der Waals surface area contributed by atoms with Crippen LogP contribution in [0, 0.1) is 0 Å². The van der Waals surface area contributed by atoms with E-state index in [1.807, 2.05) is 6.08 Å². The van der Waals surface area contributed by atoms with Crippen LogP contribution in [0.4, 0.5) is 0 Å². The van der Waals surface area contributed by atoms with E-state index in [9.17, 15) is 61.0 Å². The molecule has 0 aromatic rings.